The lowest BCUT2D eigenvalue weighted by molar-refractivity contribution is 0.379. The van der Waals surface area contributed by atoms with Gasteiger partial charge in [0.1, 0.15) is 11.5 Å². The van der Waals surface area contributed by atoms with E-state index in [1.165, 1.54) is 10.9 Å². The fourth-order valence-corrected chi connectivity index (χ4v) is 2.81. The SMILES string of the molecule is CN=C(NCc1ccc2cc(OC)ccc2c1)NCc1ncc(C(C)(C)C)o1. The average Bonchev–Trinajstić information content (AvgIpc) is 3.17. The van der Waals surface area contributed by atoms with Crippen molar-refractivity contribution in [3.63, 3.8) is 0 Å². The number of hydrogen-bond acceptors (Lipinski definition) is 4. The summed E-state index contributed by atoms with van der Waals surface area (Å²) < 4.78 is 11.1. The van der Waals surface area contributed by atoms with Crippen molar-refractivity contribution in [3.05, 3.63) is 59.8 Å². The third kappa shape index (κ3) is 4.82. The minimum atomic E-state index is -0.0503. The van der Waals surface area contributed by atoms with Crippen LogP contribution in [0.2, 0.25) is 0 Å². The second kappa shape index (κ2) is 8.33. The van der Waals surface area contributed by atoms with Crippen molar-refractivity contribution < 1.29 is 9.15 Å². The molecule has 0 aliphatic carbocycles. The largest absolute Gasteiger partial charge is 0.497 e. The van der Waals surface area contributed by atoms with Crippen LogP contribution in [0.1, 0.15) is 38.0 Å². The van der Waals surface area contributed by atoms with Gasteiger partial charge in [0.15, 0.2) is 5.96 Å². The van der Waals surface area contributed by atoms with Crippen LogP contribution < -0.4 is 15.4 Å². The van der Waals surface area contributed by atoms with Crippen molar-refractivity contribution in [1.82, 2.24) is 15.6 Å². The second-order valence-corrected chi connectivity index (χ2v) is 7.70. The molecule has 0 spiro atoms. The summed E-state index contributed by atoms with van der Waals surface area (Å²) in [6.45, 7) is 7.45. The highest BCUT2D eigenvalue weighted by Crippen LogP contribution is 2.23. The number of fused-ring (bicyclic) bond motifs is 1. The van der Waals surface area contributed by atoms with E-state index < -0.39 is 0 Å². The number of methoxy groups -OCH3 is 1. The lowest BCUT2D eigenvalue weighted by Gasteiger charge is -2.13. The molecule has 0 radical (unpaired) electrons. The van der Waals surface area contributed by atoms with E-state index in [1.54, 1.807) is 20.4 Å². The molecule has 0 saturated carbocycles. The molecule has 0 fully saturated rings. The third-order valence-corrected chi connectivity index (χ3v) is 4.50. The number of aliphatic imine (C=N–C) groups is 1. The summed E-state index contributed by atoms with van der Waals surface area (Å²) in [7, 11) is 3.43. The number of guanidine groups is 1. The van der Waals surface area contributed by atoms with Gasteiger partial charge in [0.05, 0.1) is 19.9 Å². The van der Waals surface area contributed by atoms with Crippen molar-refractivity contribution in [2.24, 2.45) is 4.99 Å². The van der Waals surface area contributed by atoms with E-state index >= 15 is 0 Å². The van der Waals surface area contributed by atoms with E-state index in [1.807, 2.05) is 12.1 Å². The minimum Gasteiger partial charge on any atom is -0.497 e. The molecule has 2 aromatic carbocycles. The Bertz CT molecular complexity index is 970. The molecule has 1 heterocycles. The molecule has 3 aromatic rings. The van der Waals surface area contributed by atoms with E-state index in [0.29, 0.717) is 24.9 Å². The molecule has 0 amide bonds. The maximum absolute atomic E-state index is 5.81. The van der Waals surface area contributed by atoms with Gasteiger partial charge in [0.2, 0.25) is 5.89 Å². The fraction of sp³-hybridized carbons (Fsp3) is 0.364. The highest BCUT2D eigenvalue weighted by Gasteiger charge is 2.19. The van der Waals surface area contributed by atoms with Crippen LogP contribution >= 0.6 is 0 Å². The molecule has 2 N–H and O–H groups in total. The Morgan fingerprint density at radius 1 is 1.07 bits per heavy atom. The number of ether oxygens (including phenoxy) is 1. The van der Waals surface area contributed by atoms with Crippen molar-refractivity contribution in [2.75, 3.05) is 14.2 Å². The molecule has 3 rings (SSSR count). The maximum atomic E-state index is 5.81. The molecule has 0 aliphatic rings. The van der Waals surface area contributed by atoms with Gasteiger partial charge in [-0.15, -0.1) is 0 Å². The number of oxazole rings is 1. The van der Waals surface area contributed by atoms with Crippen LogP contribution in [0.15, 0.2) is 52.0 Å². The maximum Gasteiger partial charge on any atom is 0.213 e. The first kappa shape index (κ1) is 19.7. The van der Waals surface area contributed by atoms with Gasteiger partial charge in [-0.05, 0) is 34.5 Å². The van der Waals surface area contributed by atoms with E-state index in [2.05, 4.69) is 65.6 Å². The van der Waals surface area contributed by atoms with Gasteiger partial charge in [0, 0.05) is 19.0 Å². The van der Waals surface area contributed by atoms with Crippen molar-refractivity contribution in [3.8, 4) is 5.75 Å². The lowest BCUT2D eigenvalue weighted by Crippen LogP contribution is -2.36. The van der Waals surface area contributed by atoms with Crippen molar-refractivity contribution in [2.45, 2.75) is 39.3 Å². The summed E-state index contributed by atoms with van der Waals surface area (Å²) in [6.07, 6.45) is 1.79. The number of benzene rings is 2. The molecule has 0 aliphatic heterocycles. The predicted molar refractivity (Wildman–Crippen MR) is 113 cm³/mol. The van der Waals surface area contributed by atoms with Gasteiger partial charge < -0.3 is 19.8 Å². The highest BCUT2D eigenvalue weighted by atomic mass is 16.5. The Balaban J connectivity index is 1.58. The van der Waals surface area contributed by atoms with Gasteiger partial charge in [-0.1, -0.05) is 39.0 Å². The monoisotopic (exact) mass is 380 g/mol. The van der Waals surface area contributed by atoms with Crippen LogP contribution in [0.3, 0.4) is 0 Å². The van der Waals surface area contributed by atoms with Crippen molar-refractivity contribution in [1.29, 1.82) is 0 Å². The first-order valence-electron chi connectivity index (χ1n) is 9.35. The minimum absolute atomic E-state index is 0.0503. The summed E-state index contributed by atoms with van der Waals surface area (Å²) >= 11 is 0. The molecule has 0 saturated heterocycles. The topological polar surface area (TPSA) is 71.7 Å². The number of rotatable bonds is 5. The smallest absolute Gasteiger partial charge is 0.213 e. The van der Waals surface area contributed by atoms with Crippen LogP contribution in [0.4, 0.5) is 0 Å². The first-order valence-corrected chi connectivity index (χ1v) is 9.35. The summed E-state index contributed by atoms with van der Waals surface area (Å²) in [6, 6.07) is 12.5. The molecule has 0 bridgehead atoms. The van der Waals surface area contributed by atoms with Gasteiger partial charge >= 0.3 is 0 Å². The van der Waals surface area contributed by atoms with Crippen LogP contribution in [-0.2, 0) is 18.5 Å². The molecule has 0 unspecified atom stereocenters. The molecule has 6 heteroatoms. The van der Waals surface area contributed by atoms with Gasteiger partial charge in [-0.25, -0.2) is 4.98 Å². The summed E-state index contributed by atoms with van der Waals surface area (Å²) in [4.78, 5) is 8.60. The molecule has 148 valence electrons. The Labute approximate surface area is 166 Å². The van der Waals surface area contributed by atoms with E-state index in [4.69, 9.17) is 9.15 Å². The zero-order chi connectivity index (χ0) is 20.1. The number of hydrogen-bond donors (Lipinski definition) is 2. The third-order valence-electron chi connectivity index (χ3n) is 4.50. The average molecular weight is 380 g/mol. The summed E-state index contributed by atoms with van der Waals surface area (Å²) in [5.74, 6) is 3.09. The predicted octanol–water partition coefficient (Wildman–Crippen LogP) is 4.00. The van der Waals surface area contributed by atoms with Crippen LogP contribution in [0, 0.1) is 0 Å². The molecule has 6 nitrogen and oxygen atoms in total. The summed E-state index contributed by atoms with van der Waals surface area (Å²) in [5.41, 5.74) is 1.12. The Hall–Kier alpha value is -3.02. The number of nitrogens with one attached hydrogen (secondary N) is 2. The van der Waals surface area contributed by atoms with Crippen molar-refractivity contribution >= 4 is 16.7 Å². The molecular formula is C22H28N4O2. The van der Waals surface area contributed by atoms with Gasteiger partial charge in [-0.2, -0.15) is 0 Å². The zero-order valence-electron chi connectivity index (χ0n) is 17.2. The van der Waals surface area contributed by atoms with Crippen LogP contribution in [0.25, 0.3) is 10.8 Å². The Morgan fingerprint density at radius 3 is 2.46 bits per heavy atom. The molecule has 0 atom stereocenters. The zero-order valence-corrected chi connectivity index (χ0v) is 17.2. The second-order valence-electron chi connectivity index (χ2n) is 7.70. The van der Waals surface area contributed by atoms with Crippen LogP contribution in [0.5, 0.6) is 5.75 Å². The Kier molecular flexibility index (Phi) is 5.87. The van der Waals surface area contributed by atoms with E-state index in [0.717, 1.165) is 16.9 Å². The molecular weight excluding hydrogens is 352 g/mol. The van der Waals surface area contributed by atoms with Gasteiger partial charge in [-0.3, -0.25) is 4.99 Å². The normalized spacial score (nSPS) is 12.2. The number of aromatic nitrogens is 1. The highest BCUT2D eigenvalue weighted by molar-refractivity contribution is 5.85. The summed E-state index contributed by atoms with van der Waals surface area (Å²) in [5, 5.41) is 8.90. The van der Waals surface area contributed by atoms with Crippen LogP contribution in [-0.4, -0.2) is 25.1 Å². The number of nitrogens with zero attached hydrogens (tertiary/aromatic N) is 2. The van der Waals surface area contributed by atoms with E-state index in [-0.39, 0.29) is 5.41 Å². The lowest BCUT2D eigenvalue weighted by atomic mass is 9.94. The standard InChI is InChI=1S/C22H28N4O2/c1-22(2,3)19-13-24-20(28-19)14-26-21(23-4)25-12-15-6-7-17-11-18(27-5)9-8-16(17)10-15/h6-11,13H,12,14H2,1-5H3,(H2,23,25,26). The quantitative estimate of drug-likeness (QED) is 0.517. The van der Waals surface area contributed by atoms with Gasteiger partial charge in [0.25, 0.3) is 0 Å². The Morgan fingerprint density at radius 2 is 1.79 bits per heavy atom. The first-order chi connectivity index (χ1) is 13.4. The molecule has 1 aromatic heterocycles. The van der Waals surface area contributed by atoms with E-state index in [9.17, 15) is 0 Å². The fourth-order valence-electron chi connectivity index (χ4n) is 2.81. The molecule has 28 heavy (non-hydrogen) atoms.